The van der Waals surface area contributed by atoms with Crippen LogP contribution in [0.1, 0.15) is 19.4 Å². The van der Waals surface area contributed by atoms with Gasteiger partial charge in [0.25, 0.3) is 0 Å². The Bertz CT molecular complexity index is 861. The Morgan fingerprint density at radius 3 is 2.36 bits per heavy atom. The van der Waals surface area contributed by atoms with Gasteiger partial charge in [0.1, 0.15) is 0 Å². The van der Waals surface area contributed by atoms with Crippen molar-refractivity contribution in [3.63, 3.8) is 0 Å². The Kier molecular flexibility index (Phi) is 6.91. The molecule has 0 fully saturated rings. The van der Waals surface area contributed by atoms with Crippen LogP contribution in [0.4, 0.5) is 5.69 Å². The Morgan fingerprint density at radius 1 is 1.04 bits per heavy atom. The maximum atomic E-state index is 9.21. The number of thiophene rings is 1. The third-order valence-corrected chi connectivity index (χ3v) is 5.19. The van der Waals surface area contributed by atoms with E-state index in [0.717, 1.165) is 23.5 Å². The fourth-order valence-corrected chi connectivity index (χ4v) is 3.75. The minimum Gasteiger partial charge on any atom is -0.372 e. The van der Waals surface area contributed by atoms with E-state index in [1.165, 1.54) is 16.1 Å². The van der Waals surface area contributed by atoms with Gasteiger partial charge in [0.15, 0.2) is 0 Å². The van der Waals surface area contributed by atoms with Crippen molar-refractivity contribution in [2.75, 3.05) is 18.0 Å². The van der Waals surface area contributed by atoms with Crippen molar-refractivity contribution < 1.29 is 20.4 Å². The quantitative estimate of drug-likeness (QED) is 0.447. The molecule has 5 heteroatoms. The van der Waals surface area contributed by atoms with Crippen molar-refractivity contribution >= 4 is 17.0 Å². The van der Waals surface area contributed by atoms with Crippen molar-refractivity contribution in [1.82, 2.24) is 4.98 Å². The van der Waals surface area contributed by atoms with E-state index >= 15 is 0 Å². The van der Waals surface area contributed by atoms with Crippen LogP contribution in [0, 0.1) is 17.5 Å². The van der Waals surface area contributed by atoms with E-state index in [0.29, 0.717) is 5.56 Å². The van der Waals surface area contributed by atoms with Crippen molar-refractivity contribution in [1.29, 1.82) is 5.26 Å². The number of aromatic nitrogens is 1. The molecule has 3 nitrogen and oxygen atoms in total. The third kappa shape index (κ3) is 4.17. The van der Waals surface area contributed by atoms with Crippen molar-refractivity contribution in [3.8, 4) is 27.0 Å². The van der Waals surface area contributed by atoms with Crippen LogP contribution in [-0.2, 0) is 20.4 Å². The van der Waals surface area contributed by atoms with Crippen molar-refractivity contribution in [2.24, 2.45) is 0 Å². The summed E-state index contributed by atoms with van der Waals surface area (Å²) in [6.45, 7) is 6.35. The maximum Gasteiger partial charge on any atom is 0.0366 e. The third-order valence-electron chi connectivity index (χ3n) is 4.03. The molecule has 0 aliphatic heterocycles. The average Bonchev–Trinajstić information content (AvgIpc) is 3.13. The Hall–Kier alpha value is -1.98. The Balaban J connectivity index is 0.00000225. The van der Waals surface area contributed by atoms with Crippen molar-refractivity contribution in [3.05, 3.63) is 60.4 Å². The molecular formula is C20H18N3ReS-. The second-order valence-corrected chi connectivity index (χ2v) is 6.42. The molecule has 0 atom stereocenters. The molecule has 3 aromatic rings. The normalized spacial score (nSPS) is 9.96. The van der Waals surface area contributed by atoms with Gasteiger partial charge in [0, 0.05) is 44.1 Å². The number of hydrogen-bond acceptors (Lipinski definition) is 4. The van der Waals surface area contributed by atoms with Gasteiger partial charge in [-0.05, 0) is 54.8 Å². The van der Waals surface area contributed by atoms with E-state index in [9.17, 15) is 5.26 Å². The number of pyridine rings is 1. The molecule has 3 rings (SSSR count). The molecule has 0 bridgehead atoms. The van der Waals surface area contributed by atoms with Crippen LogP contribution in [0.5, 0.6) is 0 Å². The van der Waals surface area contributed by atoms with Gasteiger partial charge >= 0.3 is 0 Å². The number of benzene rings is 1. The second kappa shape index (κ2) is 8.93. The smallest absolute Gasteiger partial charge is 0.0366 e. The monoisotopic (exact) mass is 519 g/mol. The summed E-state index contributed by atoms with van der Waals surface area (Å²) in [6.07, 6.45) is 4.43. The topological polar surface area (TPSA) is 39.9 Å². The zero-order chi connectivity index (χ0) is 16.9. The number of nitriles is 1. The first-order chi connectivity index (χ1) is 11.8. The van der Waals surface area contributed by atoms with Crippen LogP contribution in [0.2, 0.25) is 0 Å². The van der Waals surface area contributed by atoms with E-state index in [2.05, 4.69) is 72.4 Å². The van der Waals surface area contributed by atoms with Crippen LogP contribution in [-0.4, -0.2) is 18.1 Å². The molecule has 0 N–H and O–H groups in total. The minimum atomic E-state index is 0. The summed E-state index contributed by atoms with van der Waals surface area (Å²) >= 11 is 1.68. The van der Waals surface area contributed by atoms with Crippen LogP contribution in [0.15, 0.2) is 48.7 Å². The molecule has 127 valence electrons. The SMILES string of the molecule is CCN(CC)c1ccc(-c2ccc(-c3ccn[c-]c3C#N)s2)cc1.[Re]. The van der Waals surface area contributed by atoms with Crippen LogP contribution in [0.3, 0.4) is 0 Å². The maximum absolute atomic E-state index is 9.21. The van der Waals surface area contributed by atoms with Gasteiger partial charge in [-0.3, -0.25) is 5.26 Å². The van der Waals surface area contributed by atoms with Gasteiger partial charge in [-0.15, -0.1) is 17.4 Å². The first kappa shape index (κ1) is 19.3. The van der Waals surface area contributed by atoms with E-state index in [4.69, 9.17) is 0 Å². The zero-order valence-corrected chi connectivity index (χ0v) is 17.7. The first-order valence-corrected chi connectivity index (χ1v) is 8.80. The van der Waals surface area contributed by atoms with Crippen molar-refractivity contribution in [2.45, 2.75) is 13.8 Å². The summed E-state index contributed by atoms with van der Waals surface area (Å²) in [7, 11) is 0. The summed E-state index contributed by atoms with van der Waals surface area (Å²) in [5.41, 5.74) is 3.82. The second-order valence-electron chi connectivity index (χ2n) is 5.34. The van der Waals surface area contributed by atoms with Gasteiger partial charge < -0.3 is 9.88 Å². The van der Waals surface area contributed by atoms with Crippen LogP contribution < -0.4 is 4.90 Å². The molecular weight excluding hydrogens is 501 g/mol. The summed E-state index contributed by atoms with van der Waals surface area (Å²) in [6, 6.07) is 16.8. The largest absolute Gasteiger partial charge is 0.372 e. The van der Waals surface area contributed by atoms with E-state index in [1.807, 2.05) is 6.07 Å². The van der Waals surface area contributed by atoms with Gasteiger partial charge in [0.2, 0.25) is 0 Å². The Morgan fingerprint density at radius 2 is 1.72 bits per heavy atom. The number of hydrogen-bond donors (Lipinski definition) is 0. The standard InChI is InChI=1S/C20H18N3S.Re/c1-3-23(4-2)17-7-5-15(6-8-17)19-9-10-20(24-19)18-11-12-22-14-16(18)13-21;/h5-12H,3-4H2,1-2H3;/q-1;. The zero-order valence-electron chi connectivity index (χ0n) is 14.2. The predicted octanol–water partition coefficient (Wildman–Crippen LogP) is 4.99. The molecule has 0 aliphatic carbocycles. The van der Waals surface area contributed by atoms with E-state index < -0.39 is 0 Å². The number of nitrogens with zero attached hydrogens (tertiary/aromatic N) is 3. The first-order valence-electron chi connectivity index (χ1n) is 7.99. The fraction of sp³-hybridized carbons (Fsp3) is 0.200. The summed E-state index contributed by atoms with van der Waals surface area (Å²) in [4.78, 5) is 8.48. The van der Waals surface area contributed by atoms with Crippen LogP contribution in [0.25, 0.3) is 20.9 Å². The fourth-order valence-electron chi connectivity index (χ4n) is 2.71. The van der Waals surface area contributed by atoms with Gasteiger partial charge in [-0.1, -0.05) is 35.5 Å². The van der Waals surface area contributed by atoms with E-state index in [1.54, 1.807) is 17.5 Å². The van der Waals surface area contributed by atoms with Gasteiger partial charge in [-0.2, -0.15) is 0 Å². The summed E-state index contributed by atoms with van der Waals surface area (Å²) in [5, 5.41) is 9.21. The molecule has 0 aliphatic rings. The molecule has 0 unspecified atom stereocenters. The Labute approximate surface area is 166 Å². The van der Waals surface area contributed by atoms with Gasteiger partial charge in [-0.25, -0.2) is 0 Å². The van der Waals surface area contributed by atoms with Gasteiger partial charge in [0.05, 0.1) is 0 Å². The molecule has 0 saturated carbocycles. The minimum absolute atomic E-state index is 0. The summed E-state index contributed by atoms with van der Waals surface area (Å²) < 4.78 is 0. The molecule has 0 saturated heterocycles. The average molecular weight is 519 g/mol. The predicted molar refractivity (Wildman–Crippen MR) is 100 cm³/mol. The van der Waals surface area contributed by atoms with E-state index in [-0.39, 0.29) is 20.4 Å². The van der Waals surface area contributed by atoms with Crippen LogP contribution >= 0.6 is 11.3 Å². The molecule has 1 aromatic carbocycles. The molecule has 2 heterocycles. The molecule has 2 aromatic heterocycles. The summed E-state index contributed by atoms with van der Waals surface area (Å²) in [5.74, 6) is 0. The number of anilines is 1. The molecule has 1 radical (unpaired) electrons. The number of rotatable bonds is 5. The molecule has 25 heavy (non-hydrogen) atoms. The molecule has 0 spiro atoms. The molecule has 0 amide bonds.